The second kappa shape index (κ2) is 8.78. The molecule has 29 heavy (non-hydrogen) atoms. The summed E-state index contributed by atoms with van der Waals surface area (Å²) in [6.07, 6.45) is 1.20. The molecule has 4 rings (SSSR count). The van der Waals surface area contributed by atoms with Gasteiger partial charge in [-0.25, -0.2) is 4.98 Å². The number of benzene rings is 1. The molecule has 2 aromatic rings. The maximum absolute atomic E-state index is 11.4. The molecule has 7 heteroatoms. The molecule has 2 aliphatic rings. The first-order valence-electron chi connectivity index (χ1n) is 10.3. The highest BCUT2D eigenvalue weighted by Gasteiger charge is 2.25. The van der Waals surface area contributed by atoms with Gasteiger partial charge in [-0.15, -0.1) is 6.54 Å². The average molecular weight is 408 g/mol. The number of fused-ring (bicyclic) bond motifs is 1. The molecule has 1 fully saturated rings. The zero-order chi connectivity index (χ0) is 21.2. The highest BCUT2D eigenvalue weighted by molar-refractivity contribution is 5.68. The Kier molecular flexibility index (Phi) is 6.56. The number of rotatable bonds is 5. The summed E-state index contributed by atoms with van der Waals surface area (Å²) in [5.41, 5.74) is 6.52. The smallest absolute Gasteiger partial charge is 0.371 e. The standard InChI is InChI=1S/C16H21N3.C6H9F3N/c1-5-14-10-18-6-7-19(16(18)17-14)15-12(3)8-11(2)9-13(15)4;7-6(8,9)4-10-3-5-1-2-5/h8-10H,5-7H2,1-4H3;5H,1-4H2/q;-1. The van der Waals surface area contributed by atoms with Crippen LogP contribution < -0.4 is 4.90 Å². The predicted octanol–water partition coefficient (Wildman–Crippen LogP) is 5.85. The lowest BCUT2D eigenvalue weighted by Crippen LogP contribution is -2.17. The first-order chi connectivity index (χ1) is 13.7. The zero-order valence-electron chi connectivity index (χ0n) is 17.7. The van der Waals surface area contributed by atoms with Crippen LogP contribution in [0.5, 0.6) is 0 Å². The van der Waals surface area contributed by atoms with E-state index in [1.807, 2.05) is 0 Å². The normalized spacial score (nSPS) is 15.9. The Balaban J connectivity index is 0.000000204. The number of imidazole rings is 1. The van der Waals surface area contributed by atoms with Crippen molar-refractivity contribution in [1.82, 2.24) is 9.55 Å². The quantitative estimate of drug-likeness (QED) is 0.623. The first-order valence-corrected chi connectivity index (χ1v) is 10.3. The van der Waals surface area contributed by atoms with E-state index >= 15 is 0 Å². The van der Waals surface area contributed by atoms with E-state index in [0.29, 0.717) is 12.5 Å². The summed E-state index contributed by atoms with van der Waals surface area (Å²) in [6, 6.07) is 4.52. The summed E-state index contributed by atoms with van der Waals surface area (Å²) >= 11 is 0. The van der Waals surface area contributed by atoms with Crippen LogP contribution in [-0.2, 0) is 13.0 Å². The maximum atomic E-state index is 11.4. The molecule has 0 atom stereocenters. The van der Waals surface area contributed by atoms with E-state index in [0.717, 1.165) is 38.3 Å². The first kappa shape index (κ1) is 21.7. The Morgan fingerprint density at radius 1 is 1.10 bits per heavy atom. The Labute approximate surface area is 171 Å². The average Bonchev–Trinajstić information content (AvgIpc) is 3.21. The van der Waals surface area contributed by atoms with Gasteiger partial charge in [-0.1, -0.05) is 49.9 Å². The summed E-state index contributed by atoms with van der Waals surface area (Å²) in [6.45, 7) is 10.2. The van der Waals surface area contributed by atoms with Gasteiger partial charge in [0.2, 0.25) is 5.95 Å². The lowest BCUT2D eigenvalue weighted by atomic mass is 10.0. The van der Waals surface area contributed by atoms with Crippen LogP contribution in [0.2, 0.25) is 0 Å². The van der Waals surface area contributed by atoms with Gasteiger partial charge in [-0.2, -0.15) is 13.2 Å². The Morgan fingerprint density at radius 2 is 1.76 bits per heavy atom. The van der Waals surface area contributed by atoms with Crippen LogP contribution >= 0.6 is 0 Å². The van der Waals surface area contributed by atoms with Crippen molar-refractivity contribution in [3.63, 3.8) is 0 Å². The summed E-state index contributed by atoms with van der Waals surface area (Å²) in [7, 11) is 0. The molecule has 1 aromatic heterocycles. The predicted molar refractivity (Wildman–Crippen MR) is 111 cm³/mol. The topological polar surface area (TPSA) is 35.2 Å². The highest BCUT2D eigenvalue weighted by atomic mass is 19.4. The molecular formula is C22H30F3N4-. The summed E-state index contributed by atoms with van der Waals surface area (Å²) in [4.78, 5) is 7.12. The third kappa shape index (κ3) is 5.75. The zero-order valence-corrected chi connectivity index (χ0v) is 17.7. The van der Waals surface area contributed by atoms with Gasteiger partial charge in [-0.3, -0.25) is 0 Å². The Hall–Kier alpha value is -2.02. The van der Waals surface area contributed by atoms with Crippen LogP contribution in [0.15, 0.2) is 18.3 Å². The molecule has 160 valence electrons. The van der Waals surface area contributed by atoms with Crippen molar-refractivity contribution >= 4 is 11.6 Å². The fraction of sp³-hybridized carbons (Fsp3) is 0.591. The molecule has 4 nitrogen and oxygen atoms in total. The number of anilines is 2. The van der Waals surface area contributed by atoms with Gasteiger partial charge in [0.05, 0.1) is 5.69 Å². The number of aryl methyl sites for hydroxylation is 4. The van der Waals surface area contributed by atoms with Crippen LogP contribution in [0.25, 0.3) is 5.32 Å². The van der Waals surface area contributed by atoms with Gasteiger partial charge in [0.1, 0.15) is 0 Å². The second-order valence-corrected chi connectivity index (χ2v) is 8.10. The molecule has 0 N–H and O–H groups in total. The fourth-order valence-electron chi connectivity index (χ4n) is 3.80. The SMILES string of the molecule is CCc1cn2c(n1)N(c1c(C)cc(C)cc1C)CC2.FC(F)(F)C[N-]CC1CC1. The number of aromatic nitrogens is 2. The van der Waals surface area contributed by atoms with E-state index in [4.69, 9.17) is 4.98 Å². The fourth-order valence-corrected chi connectivity index (χ4v) is 3.80. The van der Waals surface area contributed by atoms with Crippen molar-refractivity contribution in [2.45, 2.75) is 59.7 Å². The van der Waals surface area contributed by atoms with E-state index < -0.39 is 12.7 Å². The molecule has 1 aromatic carbocycles. The number of alkyl halides is 3. The molecule has 0 unspecified atom stereocenters. The Bertz CT molecular complexity index is 814. The highest BCUT2D eigenvalue weighted by Crippen LogP contribution is 2.35. The third-order valence-corrected chi connectivity index (χ3v) is 5.25. The molecule has 0 spiro atoms. The monoisotopic (exact) mass is 407 g/mol. The van der Waals surface area contributed by atoms with E-state index in [-0.39, 0.29) is 0 Å². The summed E-state index contributed by atoms with van der Waals surface area (Å²) < 4.78 is 36.6. The number of hydrogen-bond acceptors (Lipinski definition) is 2. The minimum Gasteiger partial charge on any atom is -0.655 e. The lowest BCUT2D eigenvalue weighted by Gasteiger charge is -2.22. The largest absolute Gasteiger partial charge is 0.655 e. The minimum atomic E-state index is -4.10. The molecule has 0 saturated heterocycles. The molecular weight excluding hydrogens is 377 g/mol. The third-order valence-electron chi connectivity index (χ3n) is 5.25. The van der Waals surface area contributed by atoms with Gasteiger partial charge in [-0.05, 0) is 38.3 Å². The van der Waals surface area contributed by atoms with E-state index in [2.05, 4.69) is 60.8 Å². The lowest BCUT2D eigenvalue weighted by molar-refractivity contribution is -0.113. The van der Waals surface area contributed by atoms with Gasteiger partial charge < -0.3 is 14.8 Å². The molecule has 0 radical (unpaired) electrons. The molecule has 1 aliphatic carbocycles. The molecule has 1 aliphatic heterocycles. The number of hydrogen-bond donors (Lipinski definition) is 0. The number of nitrogens with zero attached hydrogens (tertiary/aromatic N) is 4. The van der Waals surface area contributed by atoms with E-state index in [1.165, 1.54) is 28.1 Å². The van der Waals surface area contributed by atoms with Gasteiger partial charge >= 0.3 is 6.18 Å². The number of halogens is 3. The minimum absolute atomic E-state index is 0.402. The van der Waals surface area contributed by atoms with Gasteiger partial charge in [0, 0.05) is 25.0 Å². The van der Waals surface area contributed by atoms with Crippen molar-refractivity contribution in [1.29, 1.82) is 0 Å². The molecule has 0 amide bonds. The van der Waals surface area contributed by atoms with Crippen molar-refractivity contribution in [3.8, 4) is 0 Å². The van der Waals surface area contributed by atoms with Crippen molar-refractivity contribution in [3.05, 3.63) is 46.0 Å². The van der Waals surface area contributed by atoms with Crippen LogP contribution in [-0.4, -0.2) is 35.4 Å². The molecule has 0 bridgehead atoms. The maximum Gasteiger partial charge on any atom is 0.371 e. The van der Waals surface area contributed by atoms with Crippen molar-refractivity contribution < 1.29 is 13.2 Å². The van der Waals surface area contributed by atoms with Gasteiger partial charge in [0.15, 0.2) is 0 Å². The molecule has 2 heterocycles. The molecule has 1 saturated carbocycles. The van der Waals surface area contributed by atoms with E-state index in [1.54, 1.807) is 0 Å². The second-order valence-electron chi connectivity index (χ2n) is 8.10. The van der Waals surface area contributed by atoms with Crippen LogP contribution in [0, 0.1) is 26.7 Å². The van der Waals surface area contributed by atoms with Crippen molar-refractivity contribution in [2.24, 2.45) is 5.92 Å². The van der Waals surface area contributed by atoms with Crippen LogP contribution in [0.1, 0.15) is 42.1 Å². The Morgan fingerprint density at radius 3 is 2.31 bits per heavy atom. The summed E-state index contributed by atoms with van der Waals surface area (Å²) in [5, 5.41) is 3.38. The van der Waals surface area contributed by atoms with Crippen LogP contribution in [0.3, 0.4) is 0 Å². The van der Waals surface area contributed by atoms with Crippen molar-refractivity contribution in [2.75, 3.05) is 24.5 Å². The van der Waals surface area contributed by atoms with E-state index in [9.17, 15) is 13.2 Å². The van der Waals surface area contributed by atoms with Crippen LogP contribution in [0.4, 0.5) is 24.8 Å². The summed E-state index contributed by atoms with van der Waals surface area (Å²) in [5.74, 6) is 1.56. The van der Waals surface area contributed by atoms with Gasteiger partial charge in [0.25, 0.3) is 0 Å².